The zero-order chi connectivity index (χ0) is 19.3. The maximum absolute atomic E-state index is 12.6. The first-order valence-corrected chi connectivity index (χ1v) is 9.75. The highest BCUT2D eigenvalue weighted by Crippen LogP contribution is 2.20. The number of nitrogens with zero attached hydrogens (tertiary/aromatic N) is 2. The molecule has 148 valence electrons. The Balaban J connectivity index is 1.77. The molecule has 2 saturated heterocycles. The second-order valence-electron chi connectivity index (χ2n) is 8.28. The first-order valence-electron chi connectivity index (χ1n) is 9.75. The van der Waals surface area contributed by atoms with Crippen molar-refractivity contribution in [2.45, 2.75) is 71.4 Å². The van der Waals surface area contributed by atoms with E-state index in [1.165, 1.54) is 0 Å². The number of hydrogen-bond donors (Lipinski definition) is 1. The summed E-state index contributed by atoms with van der Waals surface area (Å²) in [4.78, 5) is 40.0. The van der Waals surface area contributed by atoms with Crippen molar-refractivity contribution in [2.24, 2.45) is 5.92 Å². The van der Waals surface area contributed by atoms with E-state index < -0.39 is 5.60 Å². The molecule has 0 radical (unpaired) electrons. The molecule has 0 aromatic carbocycles. The third kappa shape index (κ3) is 5.88. The van der Waals surface area contributed by atoms with Crippen molar-refractivity contribution in [1.82, 2.24) is 15.1 Å². The highest BCUT2D eigenvalue weighted by atomic mass is 16.6. The Morgan fingerprint density at radius 1 is 1.04 bits per heavy atom. The fraction of sp³-hybridized carbons (Fsp3) is 0.842. The number of likely N-dealkylation sites (tertiary alicyclic amines) is 2. The van der Waals surface area contributed by atoms with Crippen LogP contribution in [0.15, 0.2) is 0 Å². The van der Waals surface area contributed by atoms with E-state index in [1.807, 2.05) is 27.7 Å². The van der Waals surface area contributed by atoms with Gasteiger partial charge in [0.1, 0.15) is 5.60 Å². The fourth-order valence-corrected chi connectivity index (χ4v) is 3.49. The van der Waals surface area contributed by atoms with E-state index in [4.69, 9.17) is 4.74 Å². The van der Waals surface area contributed by atoms with Crippen LogP contribution in [0.2, 0.25) is 0 Å². The molecule has 0 spiro atoms. The van der Waals surface area contributed by atoms with E-state index in [0.717, 1.165) is 32.2 Å². The largest absolute Gasteiger partial charge is 0.444 e. The molecule has 7 nitrogen and oxygen atoms in total. The van der Waals surface area contributed by atoms with Gasteiger partial charge in [-0.1, -0.05) is 6.92 Å². The smallest absolute Gasteiger partial charge is 0.410 e. The van der Waals surface area contributed by atoms with Crippen LogP contribution < -0.4 is 5.32 Å². The summed E-state index contributed by atoms with van der Waals surface area (Å²) in [5.74, 6) is 0.0330. The number of amides is 3. The van der Waals surface area contributed by atoms with Crippen molar-refractivity contribution in [3.63, 3.8) is 0 Å². The van der Waals surface area contributed by atoms with Crippen molar-refractivity contribution < 1.29 is 19.1 Å². The summed E-state index contributed by atoms with van der Waals surface area (Å²) in [6.07, 6.45) is 3.36. The summed E-state index contributed by atoms with van der Waals surface area (Å²) in [6.45, 7) is 9.87. The molecule has 1 N–H and O–H groups in total. The first kappa shape index (κ1) is 20.5. The normalized spacial score (nSPS) is 22.1. The van der Waals surface area contributed by atoms with Gasteiger partial charge in [0.15, 0.2) is 0 Å². The molecule has 0 aliphatic carbocycles. The van der Waals surface area contributed by atoms with E-state index >= 15 is 0 Å². The number of carbonyl (C=O) groups is 3. The number of hydrogen-bond acceptors (Lipinski definition) is 4. The Morgan fingerprint density at radius 3 is 2.27 bits per heavy atom. The summed E-state index contributed by atoms with van der Waals surface area (Å²) in [5.41, 5.74) is -0.495. The highest BCUT2D eigenvalue weighted by molar-refractivity contribution is 5.81. The molecule has 26 heavy (non-hydrogen) atoms. The minimum Gasteiger partial charge on any atom is -0.444 e. The van der Waals surface area contributed by atoms with Crippen molar-refractivity contribution in [2.75, 3.05) is 26.2 Å². The monoisotopic (exact) mass is 367 g/mol. The van der Waals surface area contributed by atoms with Gasteiger partial charge in [-0.05, 0) is 46.5 Å². The van der Waals surface area contributed by atoms with Gasteiger partial charge in [0.25, 0.3) is 0 Å². The Kier molecular flexibility index (Phi) is 6.89. The molecule has 3 amide bonds. The molecule has 2 rings (SSSR count). The standard InChI is InChI=1S/C19H33N3O4/c1-5-16(23)22-10-6-7-14(13-22)17(24)20-15-8-11-21(12-9-15)18(25)26-19(2,3)4/h14-15H,5-13H2,1-4H3,(H,20,24). The van der Waals surface area contributed by atoms with Crippen molar-refractivity contribution in [3.05, 3.63) is 0 Å². The molecule has 2 heterocycles. The molecule has 2 aliphatic heterocycles. The fourth-order valence-electron chi connectivity index (χ4n) is 3.49. The Hall–Kier alpha value is -1.79. The van der Waals surface area contributed by atoms with E-state index in [1.54, 1.807) is 9.80 Å². The number of ether oxygens (including phenoxy) is 1. The summed E-state index contributed by atoms with van der Waals surface area (Å²) in [6, 6.07) is 0.0819. The quantitative estimate of drug-likeness (QED) is 0.829. The maximum atomic E-state index is 12.6. The number of carbonyl (C=O) groups excluding carboxylic acids is 3. The third-order valence-corrected chi connectivity index (χ3v) is 4.94. The van der Waals surface area contributed by atoms with Crippen LogP contribution in [0.25, 0.3) is 0 Å². The van der Waals surface area contributed by atoms with Crippen LogP contribution in [0, 0.1) is 5.92 Å². The van der Waals surface area contributed by atoms with Crippen LogP contribution in [-0.4, -0.2) is 65.5 Å². The molecule has 0 aromatic heterocycles. The van der Waals surface area contributed by atoms with Gasteiger partial charge in [0.2, 0.25) is 11.8 Å². The topological polar surface area (TPSA) is 79.0 Å². The van der Waals surface area contributed by atoms with Crippen LogP contribution in [0.1, 0.15) is 59.8 Å². The minimum atomic E-state index is -0.495. The lowest BCUT2D eigenvalue weighted by molar-refractivity contribution is -0.135. The van der Waals surface area contributed by atoms with Gasteiger partial charge in [-0.25, -0.2) is 4.79 Å². The van der Waals surface area contributed by atoms with Gasteiger partial charge in [-0.3, -0.25) is 9.59 Å². The van der Waals surface area contributed by atoms with E-state index in [2.05, 4.69) is 5.32 Å². The second-order valence-corrected chi connectivity index (χ2v) is 8.28. The zero-order valence-electron chi connectivity index (χ0n) is 16.5. The summed E-state index contributed by atoms with van der Waals surface area (Å²) < 4.78 is 5.40. The third-order valence-electron chi connectivity index (χ3n) is 4.94. The minimum absolute atomic E-state index is 0.0364. The molecule has 1 unspecified atom stereocenters. The Bertz CT molecular complexity index is 521. The summed E-state index contributed by atoms with van der Waals surface area (Å²) in [7, 11) is 0. The predicted molar refractivity (Wildman–Crippen MR) is 98.6 cm³/mol. The summed E-state index contributed by atoms with van der Waals surface area (Å²) in [5, 5.41) is 3.12. The van der Waals surface area contributed by atoms with Gasteiger partial charge in [-0.15, -0.1) is 0 Å². The molecule has 7 heteroatoms. The molecular weight excluding hydrogens is 334 g/mol. The molecule has 2 fully saturated rings. The lowest BCUT2D eigenvalue weighted by Crippen LogP contribution is -2.51. The SMILES string of the molecule is CCC(=O)N1CCCC(C(=O)NC2CCN(C(=O)OC(C)(C)C)CC2)C1. The molecular formula is C19H33N3O4. The van der Waals surface area contributed by atoms with Gasteiger partial charge in [0.05, 0.1) is 5.92 Å². The van der Waals surface area contributed by atoms with Crippen LogP contribution in [0.5, 0.6) is 0 Å². The average Bonchev–Trinajstić information content (AvgIpc) is 2.60. The van der Waals surface area contributed by atoms with E-state index in [0.29, 0.717) is 26.1 Å². The average molecular weight is 367 g/mol. The Morgan fingerprint density at radius 2 is 1.69 bits per heavy atom. The van der Waals surface area contributed by atoms with Gasteiger partial charge < -0.3 is 19.9 Å². The summed E-state index contributed by atoms with van der Waals surface area (Å²) >= 11 is 0. The molecule has 1 atom stereocenters. The lowest BCUT2D eigenvalue weighted by atomic mass is 9.95. The number of rotatable bonds is 3. The highest BCUT2D eigenvalue weighted by Gasteiger charge is 2.31. The number of nitrogens with one attached hydrogen (secondary N) is 1. The molecule has 2 aliphatic rings. The predicted octanol–water partition coefficient (Wildman–Crippen LogP) is 2.15. The second kappa shape index (κ2) is 8.73. The number of piperidine rings is 2. The Labute approximate surface area is 156 Å². The maximum Gasteiger partial charge on any atom is 0.410 e. The van der Waals surface area contributed by atoms with Gasteiger partial charge in [0, 0.05) is 38.6 Å². The molecule has 0 aromatic rings. The van der Waals surface area contributed by atoms with Crippen molar-refractivity contribution in [3.8, 4) is 0 Å². The molecule has 0 saturated carbocycles. The van der Waals surface area contributed by atoms with Crippen molar-refractivity contribution >= 4 is 17.9 Å². The first-order chi connectivity index (χ1) is 12.2. The van der Waals surface area contributed by atoms with Crippen LogP contribution >= 0.6 is 0 Å². The lowest BCUT2D eigenvalue weighted by Gasteiger charge is -2.36. The van der Waals surface area contributed by atoms with Crippen LogP contribution in [-0.2, 0) is 14.3 Å². The van der Waals surface area contributed by atoms with Crippen LogP contribution in [0.3, 0.4) is 0 Å². The van der Waals surface area contributed by atoms with Crippen LogP contribution in [0.4, 0.5) is 4.79 Å². The van der Waals surface area contributed by atoms with Crippen molar-refractivity contribution in [1.29, 1.82) is 0 Å². The van der Waals surface area contributed by atoms with E-state index in [9.17, 15) is 14.4 Å². The molecule has 0 bridgehead atoms. The van der Waals surface area contributed by atoms with Gasteiger partial charge in [-0.2, -0.15) is 0 Å². The van der Waals surface area contributed by atoms with E-state index in [-0.39, 0.29) is 29.9 Å². The zero-order valence-corrected chi connectivity index (χ0v) is 16.5. The van der Waals surface area contributed by atoms with Gasteiger partial charge >= 0.3 is 6.09 Å².